The summed E-state index contributed by atoms with van der Waals surface area (Å²) in [6, 6.07) is 5.00. The first-order valence-electron chi connectivity index (χ1n) is 6.33. The van der Waals surface area contributed by atoms with Crippen molar-refractivity contribution in [3.05, 3.63) is 35.1 Å². The van der Waals surface area contributed by atoms with Crippen molar-refractivity contribution in [2.75, 3.05) is 19.7 Å². The first-order valence-corrected chi connectivity index (χ1v) is 6.33. The number of aryl methyl sites for hydroxylation is 1. The van der Waals surface area contributed by atoms with Crippen molar-refractivity contribution in [3.8, 4) is 0 Å². The highest BCUT2D eigenvalue weighted by atomic mass is 19.1. The lowest BCUT2D eigenvalue weighted by molar-refractivity contribution is 0.110. The van der Waals surface area contributed by atoms with Gasteiger partial charge in [0.1, 0.15) is 5.82 Å². The van der Waals surface area contributed by atoms with Crippen molar-refractivity contribution in [3.63, 3.8) is 0 Å². The van der Waals surface area contributed by atoms with Gasteiger partial charge in [0.15, 0.2) is 0 Å². The van der Waals surface area contributed by atoms with Gasteiger partial charge in [-0.1, -0.05) is 6.07 Å². The van der Waals surface area contributed by atoms with E-state index in [1.54, 1.807) is 6.07 Å². The molecule has 1 aliphatic rings. The Bertz CT molecular complexity index is 361. The largest absolute Gasteiger partial charge is 0.377 e. The molecule has 17 heavy (non-hydrogen) atoms. The monoisotopic (exact) mass is 237 g/mol. The summed E-state index contributed by atoms with van der Waals surface area (Å²) in [7, 11) is 0. The van der Waals surface area contributed by atoms with Crippen molar-refractivity contribution >= 4 is 0 Å². The Morgan fingerprint density at radius 2 is 2.35 bits per heavy atom. The molecule has 3 heteroatoms. The molecule has 0 amide bonds. The average molecular weight is 237 g/mol. The van der Waals surface area contributed by atoms with Crippen molar-refractivity contribution in [2.45, 2.75) is 32.3 Å². The standard InChI is InChI=1S/C14H20FNO/c1-11-9-13(15)5-4-12(11)6-7-16-10-14-3-2-8-17-14/h4-5,9,14,16H,2-3,6-8,10H2,1H3. The summed E-state index contributed by atoms with van der Waals surface area (Å²) in [5, 5.41) is 3.40. The Labute approximate surface area is 102 Å². The van der Waals surface area contributed by atoms with Crippen LogP contribution < -0.4 is 5.32 Å². The zero-order valence-corrected chi connectivity index (χ0v) is 10.3. The molecule has 1 aromatic carbocycles. The van der Waals surface area contributed by atoms with Crippen LogP contribution in [0.5, 0.6) is 0 Å². The molecule has 2 nitrogen and oxygen atoms in total. The van der Waals surface area contributed by atoms with Gasteiger partial charge in [0, 0.05) is 13.2 Å². The van der Waals surface area contributed by atoms with E-state index in [1.165, 1.54) is 24.5 Å². The molecule has 0 bridgehead atoms. The number of nitrogens with one attached hydrogen (secondary N) is 1. The second-order valence-corrected chi connectivity index (χ2v) is 4.66. The summed E-state index contributed by atoms with van der Waals surface area (Å²) in [5.74, 6) is -0.154. The zero-order valence-electron chi connectivity index (χ0n) is 10.3. The van der Waals surface area contributed by atoms with Crippen LogP contribution in [0.25, 0.3) is 0 Å². The minimum absolute atomic E-state index is 0.154. The highest BCUT2D eigenvalue weighted by molar-refractivity contribution is 5.26. The quantitative estimate of drug-likeness (QED) is 0.794. The van der Waals surface area contributed by atoms with Gasteiger partial charge in [-0.15, -0.1) is 0 Å². The summed E-state index contributed by atoms with van der Waals surface area (Å²) in [6.45, 7) is 4.72. The van der Waals surface area contributed by atoms with Crippen LogP contribution in [0.3, 0.4) is 0 Å². The third-order valence-electron chi connectivity index (χ3n) is 3.27. The summed E-state index contributed by atoms with van der Waals surface area (Å²) >= 11 is 0. The molecule has 1 N–H and O–H groups in total. The average Bonchev–Trinajstić information content (AvgIpc) is 2.79. The maximum absolute atomic E-state index is 12.9. The van der Waals surface area contributed by atoms with Gasteiger partial charge in [0.2, 0.25) is 0 Å². The van der Waals surface area contributed by atoms with Crippen LogP contribution in [0.1, 0.15) is 24.0 Å². The van der Waals surface area contributed by atoms with Gasteiger partial charge in [-0.25, -0.2) is 4.39 Å². The predicted molar refractivity (Wildman–Crippen MR) is 66.7 cm³/mol. The normalized spacial score (nSPS) is 19.8. The molecule has 1 fully saturated rings. The van der Waals surface area contributed by atoms with Crippen molar-refractivity contribution < 1.29 is 9.13 Å². The van der Waals surface area contributed by atoms with E-state index >= 15 is 0 Å². The summed E-state index contributed by atoms with van der Waals surface area (Å²) < 4.78 is 18.4. The van der Waals surface area contributed by atoms with E-state index in [1.807, 2.05) is 13.0 Å². The molecule has 1 aromatic rings. The van der Waals surface area contributed by atoms with Crippen LogP contribution in [-0.4, -0.2) is 25.8 Å². The Balaban J connectivity index is 1.70. The van der Waals surface area contributed by atoms with Gasteiger partial charge >= 0.3 is 0 Å². The fraction of sp³-hybridized carbons (Fsp3) is 0.571. The van der Waals surface area contributed by atoms with Gasteiger partial charge in [0.25, 0.3) is 0 Å². The molecule has 0 aliphatic carbocycles. The van der Waals surface area contributed by atoms with Crippen molar-refractivity contribution in [1.29, 1.82) is 0 Å². The lowest BCUT2D eigenvalue weighted by Gasteiger charge is -2.11. The number of rotatable bonds is 5. The summed E-state index contributed by atoms with van der Waals surface area (Å²) in [4.78, 5) is 0. The topological polar surface area (TPSA) is 21.3 Å². The molecule has 0 aromatic heterocycles. The maximum atomic E-state index is 12.9. The predicted octanol–water partition coefficient (Wildman–Crippen LogP) is 2.45. The van der Waals surface area contributed by atoms with Crippen LogP contribution in [-0.2, 0) is 11.2 Å². The second kappa shape index (κ2) is 6.12. The highest BCUT2D eigenvalue weighted by Crippen LogP contribution is 2.12. The first-order chi connectivity index (χ1) is 8.25. The summed E-state index contributed by atoms with van der Waals surface area (Å²) in [5.41, 5.74) is 2.25. The minimum Gasteiger partial charge on any atom is -0.377 e. The van der Waals surface area contributed by atoms with Crippen molar-refractivity contribution in [1.82, 2.24) is 5.32 Å². The van der Waals surface area contributed by atoms with Gasteiger partial charge in [-0.05, 0) is 56.0 Å². The Hall–Kier alpha value is -0.930. The molecule has 2 rings (SSSR count). The van der Waals surface area contributed by atoms with E-state index in [0.29, 0.717) is 6.10 Å². The molecular weight excluding hydrogens is 217 g/mol. The van der Waals surface area contributed by atoms with E-state index in [-0.39, 0.29) is 5.82 Å². The number of hydrogen-bond acceptors (Lipinski definition) is 2. The van der Waals surface area contributed by atoms with E-state index in [2.05, 4.69) is 5.32 Å². The SMILES string of the molecule is Cc1cc(F)ccc1CCNCC1CCCO1. The highest BCUT2D eigenvalue weighted by Gasteiger charge is 2.14. The molecule has 1 heterocycles. The fourth-order valence-corrected chi connectivity index (χ4v) is 2.23. The number of benzene rings is 1. The van der Waals surface area contributed by atoms with E-state index < -0.39 is 0 Å². The molecule has 1 unspecified atom stereocenters. The van der Waals surface area contributed by atoms with Crippen LogP contribution >= 0.6 is 0 Å². The number of halogens is 1. The van der Waals surface area contributed by atoms with E-state index in [0.717, 1.165) is 31.7 Å². The molecule has 94 valence electrons. The smallest absolute Gasteiger partial charge is 0.123 e. The molecular formula is C14H20FNO. The van der Waals surface area contributed by atoms with Gasteiger partial charge in [-0.3, -0.25) is 0 Å². The molecule has 0 spiro atoms. The first kappa shape index (κ1) is 12.5. The number of hydrogen-bond donors (Lipinski definition) is 1. The minimum atomic E-state index is -0.154. The third-order valence-corrected chi connectivity index (χ3v) is 3.27. The van der Waals surface area contributed by atoms with E-state index in [4.69, 9.17) is 4.74 Å². The molecule has 0 saturated carbocycles. The Morgan fingerprint density at radius 3 is 3.06 bits per heavy atom. The molecule has 0 radical (unpaired) electrons. The van der Waals surface area contributed by atoms with E-state index in [9.17, 15) is 4.39 Å². The molecule has 1 saturated heterocycles. The molecule has 1 aliphatic heterocycles. The van der Waals surface area contributed by atoms with Crippen LogP contribution in [0.2, 0.25) is 0 Å². The molecule has 1 atom stereocenters. The van der Waals surface area contributed by atoms with Gasteiger partial charge < -0.3 is 10.1 Å². The van der Waals surface area contributed by atoms with Crippen LogP contribution in [0, 0.1) is 12.7 Å². The second-order valence-electron chi connectivity index (χ2n) is 4.66. The zero-order chi connectivity index (χ0) is 12.1. The maximum Gasteiger partial charge on any atom is 0.123 e. The Kier molecular flexibility index (Phi) is 4.51. The fourth-order valence-electron chi connectivity index (χ4n) is 2.23. The summed E-state index contributed by atoms with van der Waals surface area (Å²) in [6.07, 6.45) is 3.69. The number of ether oxygens (including phenoxy) is 1. The Morgan fingerprint density at radius 1 is 1.47 bits per heavy atom. The lowest BCUT2D eigenvalue weighted by Crippen LogP contribution is -2.28. The van der Waals surface area contributed by atoms with Crippen molar-refractivity contribution in [2.24, 2.45) is 0 Å². The van der Waals surface area contributed by atoms with Crippen LogP contribution in [0.4, 0.5) is 4.39 Å². The van der Waals surface area contributed by atoms with Gasteiger partial charge in [-0.2, -0.15) is 0 Å². The van der Waals surface area contributed by atoms with Gasteiger partial charge in [0.05, 0.1) is 6.10 Å². The third kappa shape index (κ3) is 3.79. The van der Waals surface area contributed by atoms with Crippen LogP contribution in [0.15, 0.2) is 18.2 Å². The lowest BCUT2D eigenvalue weighted by atomic mass is 10.1.